The van der Waals surface area contributed by atoms with Crippen LogP contribution in [0.2, 0.25) is 0 Å². The summed E-state index contributed by atoms with van der Waals surface area (Å²) in [7, 11) is 0. The van der Waals surface area contributed by atoms with Crippen LogP contribution in [0.3, 0.4) is 0 Å². The molecule has 28 heavy (non-hydrogen) atoms. The first-order valence-corrected chi connectivity index (χ1v) is 10.0. The van der Waals surface area contributed by atoms with E-state index >= 15 is 0 Å². The van der Waals surface area contributed by atoms with Gasteiger partial charge in [0.1, 0.15) is 37.1 Å². The van der Waals surface area contributed by atoms with Crippen LogP contribution in [0.5, 0.6) is 0 Å². The highest BCUT2D eigenvalue weighted by Gasteiger charge is 2.68. The van der Waals surface area contributed by atoms with E-state index in [1.807, 2.05) is 58.0 Å². The fraction of sp³-hybridized carbons (Fsp3) is 0.650. The molecule has 0 radical (unpaired) electrons. The smallest absolute Gasteiger partial charge is 0.284 e. The number of fused-ring (bicyclic) bond motifs is 6. The van der Waals surface area contributed by atoms with E-state index in [-0.39, 0.29) is 41.7 Å². The lowest BCUT2D eigenvalue weighted by Crippen LogP contribution is -2.63. The maximum absolute atomic E-state index is 6.25. The summed E-state index contributed by atoms with van der Waals surface area (Å²) in [4.78, 5) is 6.08. The number of benzene rings is 1. The predicted octanol–water partition coefficient (Wildman–Crippen LogP) is 2.53. The van der Waals surface area contributed by atoms with E-state index in [1.165, 1.54) is 0 Å². The van der Waals surface area contributed by atoms with Gasteiger partial charge in [-0.1, -0.05) is 30.3 Å². The van der Waals surface area contributed by atoms with Crippen molar-refractivity contribution in [2.75, 3.05) is 0 Å². The van der Waals surface area contributed by atoms with Gasteiger partial charge in [0.15, 0.2) is 17.7 Å². The lowest BCUT2D eigenvalue weighted by Gasteiger charge is -2.39. The van der Waals surface area contributed by atoms with Gasteiger partial charge in [0.25, 0.3) is 5.17 Å². The van der Waals surface area contributed by atoms with E-state index in [1.54, 1.807) is 5.06 Å². The van der Waals surface area contributed by atoms with Crippen LogP contribution in [0.1, 0.15) is 33.3 Å². The van der Waals surface area contributed by atoms with E-state index in [2.05, 4.69) is 0 Å². The Balaban J connectivity index is 1.44. The number of ether oxygens (including phenoxy) is 5. The van der Waals surface area contributed by atoms with Crippen molar-refractivity contribution in [3.8, 4) is 0 Å². The molecule has 0 bridgehead atoms. The molecule has 4 aliphatic rings. The summed E-state index contributed by atoms with van der Waals surface area (Å²) in [6.07, 6.45) is -1.57. The molecule has 1 aromatic carbocycles. The van der Waals surface area contributed by atoms with Gasteiger partial charge in [-0.05, 0) is 45.5 Å². The molecule has 1 saturated carbocycles. The van der Waals surface area contributed by atoms with E-state index in [0.29, 0.717) is 6.61 Å². The fourth-order valence-electron chi connectivity index (χ4n) is 4.59. The molecular weight excluding hydrogens is 382 g/mol. The zero-order valence-corrected chi connectivity index (χ0v) is 17.2. The molecule has 5 rings (SSSR count). The Morgan fingerprint density at radius 3 is 2.04 bits per heavy atom. The van der Waals surface area contributed by atoms with Crippen molar-refractivity contribution in [1.29, 1.82) is 0 Å². The Labute approximate surface area is 169 Å². The Hall–Kier alpha value is -1.29. The van der Waals surface area contributed by atoms with Crippen molar-refractivity contribution < 1.29 is 28.5 Å². The van der Waals surface area contributed by atoms with Gasteiger partial charge in [-0.15, -0.1) is 0 Å². The van der Waals surface area contributed by atoms with Crippen LogP contribution in [-0.4, -0.2) is 58.4 Å². The average molecular weight is 407 g/mol. The molecule has 3 aliphatic heterocycles. The molecule has 0 aromatic heterocycles. The summed E-state index contributed by atoms with van der Waals surface area (Å²) in [6.45, 7) is 7.98. The van der Waals surface area contributed by atoms with Gasteiger partial charge in [-0.25, -0.2) is 5.06 Å². The molecule has 0 amide bonds. The van der Waals surface area contributed by atoms with E-state index in [4.69, 9.17) is 40.7 Å². The van der Waals surface area contributed by atoms with Crippen molar-refractivity contribution in [2.45, 2.75) is 82.4 Å². The molecule has 3 heterocycles. The van der Waals surface area contributed by atoms with E-state index in [9.17, 15) is 0 Å². The van der Waals surface area contributed by atoms with E-state index in [0.717, 1.165) is 5.56 Å². The lowest BCUT2D eigenvalue weighted by molar-refractivity contribution is -0.192. The molecule has 1 aliphatic carbocycles. The van der Waals surface area contributed by atoms with Crippen molar-refractivity contribution in [1.82, 2.24) is 5.06 Å². The van der Waals surface area contributed by atoms with Gasteiger partial charge in [0.2, 0.25) is 0 Å². The highest BCUT2D eigenvalue weighted by atomic mass is 32.1. The Kier molecular flexibility index (Phi) is 4.25. The molecule has 0 unspecified atom stereocenters. The van der Waals surface area contributed by atoms with Crippen LogP contribution in [-0.2, 0) is 35.1 Å². The van der Waals surface area contributed by atoms with Crippen molar-refractivity contribution in [3.05, 3.63) is 35.9 Å². The van der Waals surface area contributed by atoms with E-state index < -0.39 is 11.6 Å². The summed E-state index contributed by atoms with van der Waals surface area (Å²) < 4.78 is 30.8. The van der Waals surface area contributed by atoms with Gasteiger partial charge in [-0.3, -0.25) is 4.84 Å². The molecule has 0 spiro atoms. The second kappa shape index (κ2) is 6.35. The maximum Gasteiger partial charge on any atom is 0.284 e. The number of hydrogen-bond donors (Lipinski definition) is 0. The monoisotopic (exact) mass is 407 g/mol. The first-order valence-electron chi connectivity index (χ1n) is 9.62. The molecule has 152 valence electrons. The molecule has 7 nitrogen and oxygen atoms in total. The highest BCUT2D eigenvalue weighted by Crippen LogP contribution is 2.48. The summed E-state index contributed by atoms with van der Waals surface area (Å²) in [5.41, 5.74) is 1.05. The third kappa shape index (κ3) is 3.03. The average Bonchev–Trinajstić information content (AvgIpc) is 3.23. The summed E-state index contributed by atoms with van der Waals surface area (Å²) in [5.74, 6) is -1.46. The number of thiocarbonyl (C=S) groups is 1. The maximum atomic E-state index is 6.25. The first kappa shape index (κ1) is 18.7. The van der Waals surface area contributed by atoms with Gasteiger partial charge in [-0.2, -0.15) is 0 Å². The number of nitrogens with zero attached hydrogens (tertiary/aromatic N) is 1. The largest absolute Gasteiger partial charge is 0.461 e. The zero-order valence-electron chi connectivity index (χ0n) is 16.4. The minimum atomic E-state index is -0.736. The van der Waals surface area contributed by atoms with Crippen molar-refractivity contribution in [2.24, 2.45) is 0 Å². The normalized spacial score (nSPS) is 40.0. The number of rotatable bonds is 3. The standard InChI is InChI=1S/C20H25NO6S/c1-19(2)24-14-12-13(15-17(16(14)26-19)27-20(3,4)25-15)23-18(28)21(12)22-10-11-8-6-5-7-9-11/h5-9,12-17H,10H2,1-4H3/t12-,13-,14+,15-,16-,17-/m1/s1. The molecular formula is C20H25NO6S. The Morgan fingerprint density at radius 2 is 1.39 bits per heavy atom. The van der Waals surface area contributed by atoms with Gasteiger partial charge in [0.05, 0.1) is 0 Å². The fourth-order valence-corrected chi connectivity index (χ4v) is 4.88. The summed E-state index contributed by atoms with van der Waals surface area (Å²) in [6, 6.07) is 9.66. The van der Waals surface area contributed by atoms with Crippen LogP contribution in [0.15, 0.2) is 30.3 Å². The van der Waals surface area contributed by atoms with Crippen LogP contribution < -0.4 is 0 Å². The van der Waals surface area contributed by atoms with Crippen LogP contribution >= 0.6 is 12.2 Å². The van der Waals surface area contributed by atoms with Crippen molar-refractivity contribution in [3.63, 3.8) is 0 Å². The summed E-state index contributed by atoms with van der Waals surface area (Å²) >= 11 is 5.49. The third-order valence-electron chi connectivity index (χ3n) is 5.55. The topological polar surface area (TPSA) is 58.6 Å². The van der Waals surface area contributed by atoms with Gasteiger partial charge in [0, 0.05) is 0 Å². The first-order chi connectivity index (χ1) is 13.2. The molecule has 1 aromatic rings. The second-order valence-electron chi connectivity index (χ2n) is 8.55. The lowest BCUT2D eigenvalue weighted by atomic mass is 9.83. The van der Waals surface area contributed by atoms with Crippen LogP contribution in [0.4, 0.5) is 0 Å². The minimum absolute atomic E-state index is 0.276. The van der Waals surface area contributed by atoms with Crippen molar-refractivity contribution >= 4 is 17.4 Å². The molecule has 8 heteroatoms. The predicted molar refractivity (Wildman–Crippen MR) is 102 cm³/mol. The molecule has 3 saturated heterocycles. The Bertz CT molecular complexity index is 771. The van der Waals surface area contributed by atoms with Gasteiger partial charge >= 0.3 is 0 Å². The highest BCUT2D eigenvalue weighted by molar-refractivity contribution is 7.80. The SMILES string of the molecule is CC1(C)O[C@H]2[C@@H]3OC(C)(C)O[C@H]3[C@H]3[C@@H](OC(=S)N3OCc3ccccc3)[C@H]2O1. The number of hydrogen-bond acceptors (Lipinski definition) is 7. The molecule has 4 fully saturated rings. The number of hydroxylamine groups is 2. The molecule has 0 N–H and O–H groups in total. The third-order valence-corrected chi connectivity index (χ3v) is 5.82. The van der Waals surface area contributed by atoms with Gasteiger partial charge < -0.3 is 23.7 Å². The Morgan fingerprint density at radius 1 is 0.857 bits per heavy atom. The van der Waals surface area contributed by atoms with Crippen LogP contribution in [0, 0.1) is 0 Å². The molecule has 6 atom stereocenters. The summed E-state index contributed by atoms with van der Waals surface area (Å²) in [5, 5.41) is 1.94. The quantitative estimate of drug-likeness (QED) is 0.709. The van der Waals surface area contributed by atoms with Crippen LogP contribution in [0.25, 0.3) is 0 Å². The zero-order chi connectivity index (χ0) is 19.7. The minimum Gasteiger partial charge on any atom is -0.461 e. The second-order valence-corrected chi connectivity index (χ2v) is 8.90.